The van der Waals surface area contributed by atoms with Gasteiger partial charge in [0, 0.05) is 0 Å². The van der Waals surface area contributed by atoms with Crippen molar-refractivity contribution in [3.63, 3.8) is 0 Å². The summed E-state index contributed by atoms with van der Waals surface area (Å²) in [5.74, 6) is 0.0667. The molecule has 0 amide bonds. The lowest BCUT2D eigenvalue weighted by Crippen LogP contribution is -2.08. The Morgan fingerprint density at radius 2 is 1.68 bits per heavy atom. The van der Waals surface area contributed by atoms with E-state index in [1.54, 1.807) is 30.5 Å². The van der Waals surface area contributed by atoms with Crippen LogP contribution in [0.2, 0.25) is 0 Å². The minimum atomic E-state index is -0.500. The third-order valence-electron chi connectivity index (χ3n) is 2.87. The van der Waals surface area contributed by atoms with E-state index >= 15 is 0 Å². The zero-order valence-electron chi connectivity index (χ0n) is 12.3. The molecule has 0 aliphatic carbocycles. The van der Waals surface area contributed by atoms with Crippen LogP contribution in [-0.4, -0.2) is 5.97 Å². The van der Waals surface area contributed by atoms with Crippen LogP contribution in [0.15, 0.2) is 60.9 Å². The van der Waals surface area contributed by atoms with Crippen LogP contribution in [0, 0.1) is 5.82 Å². The molecule has 4 heteroatoms. The summed E-state index contributed by atoms with van der Waals surface area (Å²) in [5.41, 5.74) is 0.397. The normalized spacial score (nSPS) is 10.6. The third kappa shape index (κ3) is 4.74. The van der Waals surface area contributed by atoms with Gasteiger partial charge in [-0.05, 0) is 61.0 Å². The maximum Gasteiger partial charge on any atom is 0.343 e. The molecule has 3 nitrogen and oxygen atoms in total. The molecule has 0 aromatic heterocycles. The van der Waals surface area contributed by atoms with Gasteiger partial charge in [0.05, 0.1) is 11.8 Å². The molecule has 0 spiro atoms. The fraction of sp³-hybridized carbons (Fsp3) is 0.167. The fourth-order valence-electron chi connectivity index (χ4n) is 1.70. The predicted molar refractivity (Wildman–Crippen MR) is 82.5 cm³/mol. The number of carbonyl (C=O) groups excluding carboxylic acids is 1. The summed E-state index contributed by atoms with van der Waals surface area (Å²) in [6.07, 6.45) is 5.60. The van der Waals surface area contributed by atoms with Gasteiger partial charge in [-0.15, -0.1) is 0 Å². The highest BCUT2D eigenvalue weighted by molar-refractivity contribution is 5.91. The molecule has 22 heavy (non-hydrogen) atoms. The molecule has 0 atom stereocenters. The lowest BCUT2D eigenvalue weighted by Gasteiger charge is -2.05. The summed E-state index contributed by atoms with van der Waals surface area (Å²) in [6, 6.07) is 11.9. The Morgan fingerprint density at radius 3 is 2.32 bits per heavy atom. The van der Waals surface area contributed by atoms with Crippen LogP contribution in [0.4, 0.5) is 4.39 Å². The van der Waals surface area contributed by atoms with Gasteiger partial charge in [-0.25, -0.2) is 9.18 Å². The van der Waals surface area contributed by atoms with Crippen LogP contribution < -0.4 is 9.47 Å². The highest BCUT2D eigenvalue weighted by Gasteiger charge is 2.08. The number of hydrogen-bond donors (Lipinski definition) is 0. The summed E-state index contributed by atoms with van der Waals surface area (Å²) in [5, 5.41) is 0. The third-order valence-corrected chi connectivity index (χ3v) is 2.87. The van der Waals surface area contributed by atoms with Crippen LogP contribution in [0.5, 0.6) is 11.5 Å². The lowest BCUT2D eigenvalue weighted by atomic mass is 10.2. The second kappa shape index (κ2) is 7.98. The van der Waals surface area contributed by atoms with Crippen molar-refractivity contribution in [1.29, 1.82) is 0 Å². The van der Waals surface area contributed by atoms with Crippen molar-refractivity contribution in [2.75, 3.05) is 0 Å². The molecule has 0 saturated carbocycles. The predicted octanol–water partition coefficient (Wildman–Crippen LogP) is 4.74. The minimum Gasteiger partial charge on any atom is -0.465 e. The SMILES string of the molecule is CCC/C=C/Oc1ccc(C(=O)Oc2ccc(F)cc2)cc1. The zero-order chi connectivity index (χ0) is 15.8. The molecule has 114 valence electrons. The molecule has 0 radical (unpaired) electrons. The Balaban J connectivity index is 1.94. The first-order valence-electron chi connectivity index (χ1n) is 7.08. The lowest BCUT2D eigenvalue weighted by molar-refractivity contribution is 0.0734. The first-order chi connectivity index (χ1) is 10.7. The quantitative estimate of drug-likeness (QED) is 0.439. The average molecular weight is 300 g/mol. The van der Waals surface area contributed by atoms with Crippen molar-refractivity contribution in [2.45, 2.75) is 19.8 Å². The molecule has 2 aromatic rings. The smallest absolute Gasteiger partial charge is 0.343 e. The van der Waals surface area contributed by atoms with Crippen molar-refractivity contribution >= 4 is 5.97 Å². The monoisotopic (exact) mass is 300 g/mol. The number of carbonyl (C=O) groups is 1. The Bertz CT molecular complexity index is 630. The Labute approximate surface area is 129 Å². The molecule has 2 aromatic carbocycles. The molecular formula is C18H17FO3. The summed E-state index contributed by atoms with van der Waals surface area (Å²) in [4.78, 5) is 11.9. The van der Waals surface area contributed by atoms with Crippen LogP contribution in [0.3, 0.4) is 0 Å². The zero-order valence-corrected chi connectivity index (χ0v) is 12.3. The van der Waals surface area contributed by atoms with Gasteiger partial charge in [-0.2, -0.15) is 0 Å². The summed E-state index contributed by atoms with van der Waals surface area (Å²) >= 11 is 0. The summed E-state index contributed by atoms with van der Waals surface area (Å²) in [6.45, 7) is 2.09. The van der Waals surface area contributed by atoms with Crippen LogP contribution in [0.1, 0.15) is 30.1 Å². The summed E-state index contributed by atoms with van der Waals surface area (Å²) in [7, 11) is 0. The minimum absolute atomic E-state index is 0.300. The van der Waals surface area contributed by atoms with Gasteiger partial charge < -0.3 is 9.47 Å². The van der Waals surface area contributed by atoms with Crippen LogP contribution >= 0.6 is 0 Å². The van der Waals surface area contributed by atoms with Gasteiger partial charge in [-0.3, -0.25) is 0 Å². The molecule has 0 aliphatic rings. The molecule has 0 aliphatic heterocycles. The Hall–Kier alpha value is -2.62. The van der Waals surface area contributed by atoms with Crippen molar-refractivity contribution in [1.82, 2.24) is 0 Å². The van der Waals surface area contributed by atoms with Gasteiger partial charge in [0.25, 0.3) is 0 Å². The number of rotatable bonds is 6. The van der Waals surface area contributed by atoms with Gasteiger partial charge in [0.15, 0.2) is 0 Å². The molecule has 0 fully saturated rings. The van der Waals surface area contributed by atoms with E-state index in [1.165, 1.54) is 24.3 Å². The molecule has 0 bridgehead atoms. The first kappa shape index (κ1) is 15.8. The average Bonchev–Trinajstić information content (AvgIpc) is 2.54. The van der Waals surface area contributed by atoms with Crippen molar-refractivity contribution in [3.8, 4) is 11.5 Å². The van der Waals surface area contributed by atoms with Crippen molar-refractivity contribution in [3.05, 3.63) is 72.2 Å². The topological polar surface area (TPSA) is 35.5 Å². The molecule has 2 rings (SSSR count). The molecule has 0 saturated heterocycles. The molecular weight excluding hydrogens is 283 g/mol. The molecule has 0 unspecified atom stereocenters. The van der Waals surface area contributed by atoms with E-state index in [-0.39, 0.29) is 5.82 Å². The molecule has 0 heterocycles. The number of allylic oxidation sites excluding steroid dienone is 1. The number of esters is 1. The van der Waals surface area contributed by atoms with Crippen LogP contribution in [0.25, 0.3) is 0 Å². The highest BCUT2D eigenvalue weighted by Crippen LogP contribution is 2.16. The number of benzene rings is 2. The van der Waals surface area contributed by atoms with Gasteiger partial charge in [0.1, 0.15) is 17.3 Å². The largest absolute Gasteiger partial charge is 0.465 e. The fourth-order valence-corrected chi connectivity index (χ4v) is 1.70. The van der Waals surface area contributed by atoms with E-state index in [9.17, 15) is 9.18 Å². The number of ether oxygens (including phenoxy) is 2. The van der Waals surface area contributed by atoms with E-state index in [0.29, 0.717) is 17.1 Å². The van der Waals surface area contributed by atoms with Crippen LogP contribution in [-0.2, 0) is 0 Å². The van der Waals surface area contributed by atoms with E-state index in [1.807, 2.05) is 6.08 Å². The summed E-state index contributed by atoms with van der Waals surface area (Å²) < 4.78 is 23.3. The number of halogens is 1. The van der Waals surface area contributed by atoms with Gasteiger partial charge in [0.2, 0.25) is 0 Å². The van der Waals surface area contributed by atoms with Gasteiger partial charge >= 0.3 is 5.97 Å². The van der Waals surface area contributed by atoms with E-state index in [0.717, 1.165) is 12.8 Å². The Kier molecular flexibility index (Phi) is 5.72. The van der Waals surface area contributed by atoms with Gasteiger partial charge in [-0.1, -0.05) is 13.3 Å². The standard InChI is InChI=1S/C18H17FO3/c1-2-3-4-13-21-16-9-5-14(6-10-16)18(20)22-17-11-7-15(19)8-12-17/h4-13H,2-3H2,1H3/b13-4+. The van der Waals surface area contributed by atoms with Crippen molar-refractivity contribution < 1.29 is 18.7 Å². The van der Waals surface area contributed by atoms with Crippen molar-refractivity contribution in [2.24, 2.45) is 0 Å². The second-order valence-corrected chi connectivity index (χ2v) is 4.65. The number of hydrogen-bond acceptors (Lipinski definition) is 3. The van der Waals surface area contributed by atoms with E-state index < -0.39 is 5.97 Å². The first-order valence-corrected chi connectivity index (χ1v) is 7.08. The highest BCUT2D eigenvalue weighted by atomic mass is 19.1. The van der Waals surface area contributed by atoms with E-state index in [2.05, 4.69) is 6.92 Å². The Morgan fingerprint density at radius 1 is 1.05 bits per heavy atom. The number of unbranched alkanes of at least 4 members (excludes halogenated alkanes) is 1. The second-order valence-electron chi connectivity index (χ2n) is 4.65. The maximum absolute atomic E-state index is 12.8. The van der Waals surface area contributed by atoms with E-state index in [4.69, 9.17) is 9.47 Å². The maximum atomic E-state index is 12.8. The molecule has 0 N–H and O–H groups in total.